The van der Waals surface area contributed by atoms with Crippen LogP contribution in [0.1, 0.15) is 18.9 Å². The fraction of sp³-hybridized carbons (Fsp3) is 0.458. The molecular weight excluding hydrogens is 445 g/mol. The second kappa shape index (κ2) is 10.9. The van der Waals surface area contributed by atoms with E-state index in [-0.39, 0.29) is 18.4 Å². The minimum atomic E-state index is -4.11. The molecule has 178 valence electrons. The van der Waals surface area contributed by atoms with Crippen LogP contribution in [-0.2, 0) is 16.4 Å². The summed E-state index contributed by atoms with van der Waals surface area (Å²) in [6, 6.07) is 4.74. The van der Waals surface area contributed by atoms with Gasteiger partial charge < -0.3 is 14.5 Å². The molecule has 2 heterocycles. The molecule has 2 amide bonds. The molecule has 3 unspecified atom stereocenters. The zero-order valence-corrected chi connectivity index (χ0v) is 19.7. The molecule has 1 aromatic rings. The van der Waals surface area contributed by atoms with Crippen LogP contribution in [0.2, 0.25) is 0 Å². The van der Waals surface area contributed by atoms with Crippen LogP contribution in [0.15, 0.2) is 48.1 Å². The molecule has 0 aliphatic carbocycles. The lowest BCUT2D eigenvalue weighted by Crippen LogP contribution is -2.51. The Hall–Kier alpha value is -2.83. The molecule has 2 aliphatic heterocycles. The Kier molecular flexibility index (Phi) is 8.16. The summed E-state index contributed by atoms with van der Waals surface area (Å²) in [4.78, 5) is 16.5. The molecule has 0 radical (unpaired) electrons. The number of amides is 2. The van der Waals surface area contributed by atoms with Crippen LogP contribution in [0.4, 0.5) is 9.18 Å². The van der Waals surface area contributed by atoms with E-state index in [9.17, 15) is 17.6 Å². The molecular formula is C24H30FN3O4S. The number of alkyl halides is 1. The van der Waals surface area contributed by atoms with Gasteiger partial charge in [0.1, 0.15) is 12.4 Å². The lowest BCUT2D eigenvalue weighted by molar-refractivity contribution is 0.147. The highest BCUT2D eigenvalue weighted by Gasteiger charge is 2.44. The molecule has 0 spiro atoms. The monoisotopic (exact) mass is 475 g/mol. The highest BCUT2D eigenvalue weighted by Crippen LogP contribution is 2.30. The first-order chi connectivity index (χ1) is 15.8. The number of carbonyl (C=O) groups is 1. The van der Waals surface area contributed by atoms with Gasteiger partial charge in [-0.1, -0.05) is 49.3 Å². The summed E-state index contributed by atoms with van der Waals surface area (Å²) in [5.41, 5.74) is 1.64. The predicted octanol–water partition coefficient (Wildman–Crippen LogP) is 2.71. The van der Waals surface area contributed by atoms with Gasteiger partial charge in [-0.05, 0) is 24.0 Å². The molecule has 3 rings (SSSR count). The average molecular weight is 476 g/mol. The van der Waals surface area contributed by atoms with E-state index in [1.807, 2.05) is 43.3 Å². The van der Waals surface area contributed by atoms with E-state index < -0.39 is 28.1 Å². The zero-order chi connectivity index (χ0) is 24.0. The zero-order valence-electron chi connectivity index (χ0n) is 18.9. The van der Waals surface area contributed by atoms with Gasteiger partial charge in [-0.3, -0.25) is 0 Å². The van der Waals surface area contributed by atoms with E-state index in [1.165, 1.54) is 0 Å². The Balaban J connectivity index is 1.95. The Labute approximate surface area is 195 Å². The number of fused-ring (bicyclic) bond motifs is 2. The molecule has 7 nitrogen and oxygen atoms in total. The standard InChI is InChI=1S/C24H30FN3O4S/c1-4-19-9-5-6-10-20-11-7-8-12-22(20)32-14-13-27(3)24(29)28-16-18(2)23(21(28)15-19)26-33(30,31)17-25/h1,5-9,11-12,18,21,23,26H,10,13-17H2,2-3H3/b6-5-,19-9+. The van der Waals surface area contributed by atoms with Gasteiger partial charge in [0.15, 0.2) is 0 Å². The first-order valence-electron chi connectivity index (χ1n) is 10.9. The summed E-state index contributed by atoms with van der Waals surface area (Å²) in [5.74, 6) is 3.19. The summed E-state index contributed by atoms with van der Waals surface area (Å²) in [6.45, 7) is 2.82. The summed E-state index contributed by atoms with van der Waals surface area (Å²) in [7, 11) is -2.43. The first kappa shape index (κ1) is 24.8. The van der Waals surface area contributed by atoms with Crippen molar-refractivity contribution in [1.82, 2.24) is 14.5 Å². The summed E-state index contributed by atoms with van der Waals surface area (Å²) in [5, 5.41) is 0. The Morgan fingerprint density at radius 3 is 2.82 bits per heavy atom. The molecule has 33 heavy (non-hydrogen) atoms. The Bertz CT molecular complexity index is 1060. The Morgan fingerprint density at radius 1 is 1.33 bits per heavy atom. The summed E-state index contributed by atoms with van der Waals surface area (Å²) in [6.07, 6.45) is 12.3. The van der Waals surface area contributed by atoms with Crippen molar-refractivity contribution in [3.05, 3.63) is 53.6 Å². The number of hydrogen-bond donors (Lipinski definition) is 1. The minimum Gasteiger partial charge on any atom is -0.491 e. The van der Waals surface area contributed by atoms with Crippen LogP contribution < -0.4 is 9.46 Å². The van der Waals surface area contributed by atoms with Gasteiger partial charge in [0, 0.05) is 31.6 Å². The smallest absolute Gasteiger partial charge is 0.320 e. The van der Waals surface area contributed by atoms with Crippen molar-refractivity contribution in [2.24, 2.45) is 5.92 Å². The van der Waals surface area contributed by atoms with Crippen molar-refractivity contribution in [3.63, 3.8) is 0 Å². The third kappa shape index (κ3) is 6.15. The molecule has 1 N–H and O–H groups in total. The number of benzene rings is 1. The van der Waals surface area contributed by atoms with Crippen LogP contribution in [0, 0.1) is 18.3 Å². The fourth-order valence-corrected chi connectivity index (χ4v) is 5.09. The molecule has 1 aromatic carbocycles. The van der Waals surface area contributed by atoms with E-state index in [1.54, 1.807) is 22.9 Å². The summed E-state index contributed by atoms with van der Waals surface area (Å²) < 4.78 is 45.4. The maximum Gasteiger partial charge on any atom is 0.320 e. The number of sulfonamides is 1. The van der Waals surface area contributed by atoms with Crippen LogP contribution in [0.5, 0.6) is 5.75 Å². The van der Waals surface area contributed by atoms with E-state index in [4.69, 9.17) is 11.2 Å². The highest BCUT2D eigenvalue weighted by molar-refractivity contribution is 7.89. The number of hydrogen-bond acceptors (Lipinski definition) is 4. The molecule has 0 bridgehead atoms. The van der Waals surface area contributed by atoms with Gasteiger partial charge in [0.2, 0.25) is 16.0 Å². The van der Waals surface area contributed by atoms with Gasteiger partial charge in [-0.25, -0.2) is 22.3 Å². The number of terminal acetylenes is 1. The number of urea groups is 1. The number of likely N-dealkylation sites (N-methyl/N-ethyl adjacent to an activating group) is 1. The second-order valence-electron chi connectivity index (χ2n) is 8.40. The molecule has 9 heteroatoms. The number of halogens is 1. The molecule has 3 atom stereocenters. The van der Waals surface area contributed by atoms with Gasteiger partial charge in [-0.15, -0.1) is 6.42 Å². The van der Waals surface area contributed by atoms with E-state index >= 15 is 0 Å². The maximum atomic E-state index is 13.3. The molecule has 1 fully saturated rings. The van der Waals surface area contributed by atoms with E-state index in [0.717, 1.165) is 11.3 Å². The fourth-order valence-electron chi connectivity index (χ4n) is 4.22. The minimum absolute atomic E-state index is 0.217. The second-order valence-corrected chi connectivity index (χ2v) is 10.1. The van der Waals surface area contributed by atoms with Gasteiger partial charge >= 0.3 is 6.03 Å². The van der Waals surface area contributed by atoms with Gasteiger partial charge in [0.25, 0.3) is 0 Å². The number of carbonyl (C=O) groups excluding carboxylic acids is 1. The number of ether oxygens (including phenoxy) is 1. The molecule has 2 aliphatic rings. The lowest BCUT2D eigenvalue weighted by atomic mass is 9.96. The number of nitrogens with zero attached hydrogens (tertiary/aromatic N) is 2. The van der Waals surface area contributed by atoms with Crippen molar-refractivity contribution in [2.75, 3.05) is 32.8 Å². The van der Waals surface area contributed by atoms with Crippen molar-refractivity contribution in [2.45, 2.75) is 31.8 Å². The van der Waals surface area contributed by atoms with Crippen LogP contribution >= 0.6 is 0 Å². The van der Waals surface area contributed by atoms with Gasteiger partial charge in [0.05, 0.1) is 12.6 Å². The molecule has 0 saturated carbocycles. The topological polar surface area (TPSA) is 79.0 Å². The third-order valence-electron chi connectivity index (χ3n) is 5.99. The normalized spacial score (nSPS) is 27.2. The first-order valence-corrected chi connectivity index (χ1v) is 12.5. The molecule has 0 aromatic heterocycles. The third-order valence-corrected chi connectivity index (χ3v) is 6.91. The van der Waals surface area contributed by atoms with Gasteiger partial charge in [-0.2, -0.15) is 0 Å². The van der Waals surface area contributed by atoms with Crippen LogP contribution in [0.3, 0.4) is 0 Å². The van der Waals surface area contributed by atoms with Crippen molar-refractivity contribution in [1.29, 1.82) is 0 Å². The van der Waals surface area contributed by atoms with Crippen molar-refractivity contribution < 1.29 is 22.3 Å². The van der Waals surface area contributed by atoms with E-state index in [2.05, 4.69) is 10.6 Å². The van der Waals surface area contributed by atoms with Crippen LogP contribution in [0.25, 0.3) is 0 Å². The predicted molar refractivity (Wildman–Crippen MR) is 126 cm³/mol. The van der Waals surface area contributed by atoms with Crippen molar-refractivity contribution >= 4 is 16.1 Å². The number of nitrogens with one attached hydrogen (secondary N) is 1. The SMILES string of the molecule is C#C/C1=C\C=C/Cc2ccccc2OCCN(C)C(=O)N2CC(C)C(NS(=O)(=O)CF)C2C1. The number of allylic oxidation sites excluding steroid dienone is 3. The van der Waals surface area contributed by atoms with E-state index in [0.29, 0.717) is 31.7 Å². The van der Waals surface area contributed by atoms with Crippen LogP contribution in [-0.4, -0.2) is 69.1 Å². The average Bonchev–Trinajstić information content (AvgIpc) is 3.09. The lowest BCUT2D eigenvalue weighted by Gasteiger charge is -2.32. The highest BCUT2D eigenvalue weighted by atomic mass is 32.2. The largest absolute Gasteiger partial charge is 0.491 e. The number of para-hydroxylation sites is 1. The summed E-state index contributed by atoms with van der Waals surface area (Å²) >= 11 is 0. The quantitative estimate of drug-likeness (QED) is 0.682. The number of rotatable bonds is 3. The molecule has 1 saturated heterocycles. The Morgan fingerprint density at radius 2 is 2.09 bits per heavy atom. The van der Waals surface area contributed by atoms with Crippen molar-refractivity contribution in [3.8, 4) is 18.1 Å². The maximum absolute atomic E-state index is 13.3.